The van der Waals surface area contributed by atoms with E-state index < -0.39 is 77.2 Å². The van der Waals surface area contributed by atoms with E-state index in [1.165, 1.54) is 11.8 Å². The molecule has 0 saturated carbocycles. The fourth-order valence-corrected chi connectivity index (χ4v) is 5.61. The predicted octanol–water partition coefficient (Wildman–Crippen LogP) is -4.35. The number of carbonyl (C=O) groups excluding carboxylic acids is 8. The number of carbonyl (C=O) groups is 9. The number of rotatable bonds is 28. The van der Waals surface area contributed by atoms with Gasteiger partial charge >= 0.3 is 30.0 Å². The first kappa shape index (κ1) is 69.5. The van der Waals surface area contributed by atoms with Crippen LogP contribution in [0, 0.1) is 0 Å². The topological polar surface area (TPSA) is 273 Å². The Morgan fingerprint density at radius 2 is 1.03 bits per heavy atom. The maximum absolute atomic E-state index is 12.7. The van der Waals surface area contributed by atoms with Crippen molar-refractivity contribution in [1.29, 1.82) is 0 Å². The minimum absolute atomic E-state index is 0. The van der Waals surface area contributed by atoms with Gasteiger partial charge in [0.25, 0.3) is 0 Å². The van der Waals surface area contributed by atoms with Crippen LogP contribution in [0.25, 0.3) is 0 Å². The lowest BCUT2D eigenvalue weighted by Gasteiger charge is -2.26. The highest BCUT2D eigenvalue weighted by Crippen LogP contribution is 2.14. The van der Waals surface area contributed by atoms with Crippen LogP contribution in [0.3, 0.4) is 0 Å². The highest BCUT2D eigenvalue weighted by molar-refractivity contribution is 7.98. The van der Waals surface area contributed by atoms with Crippen LogP contribution < -0.4 is 55.6 Å². The number of hydrogen-bond donors (Lipinski definition) is 6. The van der Waals surface area contributed by atoms with Gasteiger partial charge < -0.3 is 88.7 Å². The maximum Gasteiger partial charge on any atom is 0.408 e. The molecule has 0 radical (unpaired) electrons. The molecule has 386 valence electrons. The molecular weight excluding hydrogens is 1040 g/mol. The molecule has 66 heavy (non-hydrogen) atoms. The number of Topliss-reactive ketones (excluding diaryl/α,β-unsaturated/α-hetero) is 2. The van der Waals surface area contributed by atoms with E-state index >= 15 is 0 Å². The summed E-state index contributed by atoms with van der Waals surface area (Å²) in [7, 11) is 11.9. The Labute approximate surface area is 422 Å². The minimum Gasteiger partial charge on any atom is -1.00 e. The van der Waals surface area contributed by atoms with Crippen LogP contribution in [0.15, 0.2) is 0 Å². The molecule has 0 aliphatic carbocycles. The molecule has 0 aromatic heterocycles. The molecule has 0 fully saturated rings. The maximum atomic E-state index is 12.7. The number of thiol groups is 1. The van der Waals surface area contributed by atoms with Crippen LogP contribution in [0.1, 0.15) is 92.9 Å². The summed E-state index contributed by atoms with van der Waals surface area (Å²) in [5.74, 6) is -4.00. The number of likely N-dealkylation sites (N-methyl/N-ethyl adjacent to an activating group) is 2. The summed E-state index contributed by atoms with van der Waals surface area (Å²) in [5, 5.41) is 16.3. The number of quaternary nitrogens is 2. The second-order valence-corrected chi connectivity index (χ2v) is 20.3. The van der Waals surface area contributed by atoms with E-state index in [-0.39, 0.29) is 116 Å². The van der Waals surface area contributed by atoms with Crippen LogP contribution in [0.2, 0.25) is 0 Å². The van der Waals surface area contributed by atoms with Crippen molar-refractivity contribution in [3.05, 3.63) is 0 Å². The van der Waals surface area contributed by atoms with Crippen molar-refractivity contribution in [2.24, 2.45) is 5.73 Å². The summed E-state index contributed by atoms with van der Waals surface area (Å²) in [6.07, 6.45) is 0.373. The normalized spacial score (nSPS) is 13.2. The first-order valence-electron chi connectivity index (χ1n) is 21.1. The molecule has 0 aliphatic heterocycles. The number of nitrogens with two attached hydrogens (primary N) is 1. The molecule has 0 spiro atoms. The van der Waals surface area contributed by atoms with Crippen molar-refractivity contribution < 1.29 is 110 Å². The third kappa shape index (κ3) is 40.1. The van der Waals surface area contributed by atoms with E-state index in [1.807, 2.05) is 42.3 Å². The molecule has 0 bridgehead atoms. The molecule has 0 aliphatic rings. The molecule has 0 aromatic rings. The number of aliphatic carboxylic acids is 1. The number of alkyl carbamates (subject to hydrolysis) is 1. The molecule has 0 aromatic carbocycles. The summed E-state index contributed by atoms with van der Waals surface area (Å²) in [5.41, 5.74) is 3.75. The molecule has 24 heteroatoms. The van der Waals surface area contributed by atoms with Crippen molar-refractivity contribution in [3.63, 3.8) is 0 Å². The third-order valence-corrected chi connectivity index (χ3v) is 9.24. The Balaban J connectivity index is -0.000000603. The molecule has 4 atom stereocenters. The van der Waals surface area contributed by atoms with Gasteiger partial charge in [-0.25, -0.2) is 9.59 Å². The van der Waals surface area contributed by atoms with Crippen LogP contribution >= 0.6 is 24.4 Å². The zero-order chi connectivity index (χ0) is 50.1. The zero-order valence-corrected chi connectivity index (χ0v) is 45.9. The highest BCUT2D eigenvalue weighted by atomic mass is 79.9. The average Bonchev–Trinajstić information content (AvgIpc) is 3.13. The van der Waals surface area contributed by atoms with Gasteiger partial charge in [0.1, 0.15) is 49.6 Å². The standard InChI is InChI=1S/C26H47N3O8S.C16H29N3O6S.2BrH/c1-25(2,3)36-23(33)18(28-24(34)37-26(4,5)6)11-13-21(31)27-19(17-38-10)20(30)12-14-22(32)35-16-15-29(7,8)9;1-19(2,3)8-9-25-15(22)7-5-13(20)12(10-26)18-14(21)6-4-11(17)16(23)24;;/h18-19H,11-17H2,1-10H3,(H-,27,28,31,34);11-12H,4-10,17H2,1-3H3,(H2-,18,21,23,24,26);2*1H/t18-,19-;11-,12-;;/m00../s1. The van der Waals surface area contributed by atoms with E-state index in [0.29, 0.717) is 27.8 Å². The Morgan fingerprint density at radius 1 is 0.621 bits per heavy atom. The summed E-state index contributed by atoms with van der Waals surface area (Å²) in [6.45, 7) is 12.0. The fraction of sp³-hybridized carbons (Fsp3) is 0.786. The number of esters is 3. The average molecular weight is 1120 g/mol. The summed E-state index contributed by atoms with van der Waals surface area (Å²) in [6, 6.07) is -3.89. The van der Waals surface area contributed by atoms with Crippen molar-refractivity contribution in [3.8, 4) is 0 Å². The number of halogens is 2. The Kier molecular flexibility index (Phi) is 36.1. The zero-order valence-electron chi connectivity index (χ0n) is 41.0. The van der Waals surface area contributed by atoms with Gasteiger partial charge in [-0.15, -0.1) is 0 Å². The lowest BCUT2D eigenvalue weighted by atomic mass is 10.1. The molecule has 6 N–H and O–H groups in total. The van der Waals surface area contributed by atoms with Gasteiger partial charge in [-0.3, -0.25) is 33.6 Å². The summed E-state index contributed by atoms with van der Waals surface area (Å²) < 4.78 is 22.2. The van der Waals surface area contributed by atoms with E-state index in [0.717, 1.165) is 0 Å². The molecule has 0 saturated heterocycles. The number of hydrogen-bond acceptors (Lipinski definition) is 16. The second-order valence-electron chi connectivity index (χ2n) is 19.0. The van der Waals surface area contributed by atoms with Gasteiger partial charge in [0.15, 0.2) is 11.6 Å². The van der Waals surface area contributed by atoms with Gasteiger partial charge in [-0.1, -0.05) is 0 Å². The van der Waals surface area contributed by atoms with E-state index in [9.17, 15) is 43.2 Å². The molecule has 0 rings (SSSR count). The Bertz CT molecular complexity index is 1550. The number of ketones is 2. The van der Waals surface area contributed by atoms with Gasteiger partial charge in [0.05, 0.1) is 67.2 Å². The molecule has 0 unspecified atom stereocenters. The largest absolute Gasteiger partial charge is 1.00 e. The Hall–Kier alpha value is -3.03. The number of nitrogens with zero attached hydrogens (tertiary/aromatic N) is 2. The van der Waals surface area contributed by atoms with Crippen LogP contribution in [-0.2, 0) is 57.3 Å². The lowest BCUT2D eigenvalue weighted by molar-refractivity contribution is -0.870. The predicted molar refractivity (Wildman–Crippen MR) is 245 cm³/mol. The summed E-state index contributed by atoms with van der Waals surface area (Å²) >= 11 is 5.41. The number of carboxylic acids is 1. The molecular formula is C42H78Br2N6O14S2. The van der Waals surface area contributed by atoms with E-state index in [1.54, 1.807) is 47.8 Å². The van der Waals surface area contributed by atoms with Gasteiger partial charge in [-0.2, -0.15) is 24.4 Å². The van der Waals surface area contributed by atoms with Crippen molar-refractivity contribution in [1.82, 2.24) is 16.0 Å². The first-order valence-corrected chi connectivity index (χ1v) is 23.1. The van der Waals surface area contributed by atoms with Crippen molar-refractivity contribution in [2.45, 2.75) is 128 Å². The lowest BCUT2D eigenvalue weighted by Crippen LogP contribution is -3.00. The highest BCUT2D eigenvalue weighted by Gasteiger charge is 2.30. The van der Waals surface area contributed by atoms with Crippen molar-refractivity contribution in [2.75, 3.05) is 86.4 Å². The van der Waals surface area contributed by atoms with Crippen LogP contribution in [0.4, 0.5) is 4.79 Å². The SMILES string of the molecule is CSC[C@H](NC(=O)CC[C@H](NC(=O)OC(C)(C)C)C(=O)OC(C)(C)C)C(=O)CCC(=O)OCC[N+](C)(C)C.C[N+](C)(C)CCOC(=O)CCC(=O)[C@H](CS)NC(=O)CC[C@H](N)C(=O)O.[Br-].[Br-]. The number of carboxylic acid groups (broad SMARTS) is 1. The first-order chi connectivity index (χ1) is 29.2. The van der Waals surface area contributed by atoms with Gasteiger partial charge in [0, 0.05) is 37.2 Å². The third-order valence-electron chi connectivity index (χ3n) is 8.21. The van der Waals surface area contributed by atoms with Crippen molar-refractivity contribution >= 4 is 77.7 Å². The number of amides is 3. The smallest absolute Gasteiger partial charge is 0.408 e. The van der Waals surface area contributed by atoms with Gasteiger partial charge in [-0.05, 0) is 60.6 Å². The molecule has 3 amide bonds. The van der Waals surface area contributed by atoms with Crippen LogP contribution in [0.5, 0.6) is 0 Å². The van der Waals surface area contributed by atoms with Crippen LogP contribution in [-0.4, -0.2) is 189 Å². The number of ether oxygens (including phenoxy) is 4. The quantitative estimate of drug-likeness (QED) is 0.0187. The molecule has 0 heterocycles. The van der Waals surface area contributed by atoms with Gasteiger partial charge in [0.2, 0.25) is 11.8 Å². The number of thioether (sulfide) groups is 1. The number of nitrogens with one attached hydrogen (secondary N) is 3. The Morgan fingerprint density at radius 3 is 1.41 bits per heavy atom. The summed E-state index contributed by atoms with van der Waals surface area (Å²) in [4.78, 5) is 108. The fourth-order valence-electron chi connectivity index (χ4n) is 4.71. The monoisotopic (exact) mass is 1110 g/mol. The van der Waals surface area contributed by atoms with E-state index in [2.05, 4.69) is 28.6 Å². The van der Waals surface area contributed by atoms with E-state index in [4.69, 9.17) is 29.8 Å². The second kappa shape index (κ2) is 34.3. The minimum atomic E-state index is -1.19. The molecule has 20 nitrogen and oxygen atoms in total.